The lowest BCUT2D eigenvalue weighted by Gasteiger charge is -2.40. The average molecular weight is 779 g/mol. The second-order valence-corrected chi connectivity index (χ2v) is 15.1. The first-order valence-corrected chi connectivity index (χ1v) is 18.8. The van der Waals surface area contributed by atoms with Crippen molar-refractivity contribution in [2.75, 3.05) is 38.6 Å². The Morgan fingerprint density at radius 1 is 0.982 bits per heavy atom. The number of pyridine rings is 2. The predicted octanol–water partition coefficient (Wildman–Crippen LogP) is 6.26. The number of nitrogens with one attached hydrogen (secondary N) is 2. The SMILES string of the molecule is COc1cc(-c2cn(C)c(=O)c3cnccc23)cc(Cl)c1CN1CCC(C2CCN(C(=O)c3ccc(NC4CCC(=O)NC4=O)cc3C(F)(F)F)CC2)CC1. The zero-order valence-electron chi connectivity index (χ0n) is 30.5. The van der Waals surface area contributed by atoms with Crippen LogP contribution in [0.2, 0.25) is 5.02 Å². The second-order valence-electron chi connectivity index (χ2n) is 14.7. The van der Waals surface area contributed by atoms with Gasteiger partial charge in [-0.15, -0.1) is 0 Å². The number of anilines is 1. The number of carbonyl (C=O) groups is 3. The van der Waals surface area contributed by atoms with Gasteiger partial charge in [0.1, 0.15) is 11.8 Å². The number of aromatic nitrogens is 2. The smallest absolute Gasteiger partial charge is 0.417 e. The van der Waals surface area contributed by atoms with Crippen molar-refractivity contribution < 1.29 is 32.3 Å². The topological polar surface area (TPSA) is 126 Å². The van der Waals surface area contributed by atoms with Gasteiger partial charge in [-0.2, -0.15) is 13.2 Å². The van der Waals surface area contributed by atoms with E-state index in [0.717, 1.165) is 54.1 Å². The number of rotatable bonds is 8. The van der Waals surface area contributed by atoms with Crippen molar-refractivity contribution in [2.45, 2.75) is 57.3 Å². The van der Waals surface area contributed by atoms with Crippen LogP contribution in [0.15, 0.2) is 59.8 Å². The number of likely N-dealkylation sites (tertiary alicyclic amines) is 2. The lowest BCUT2D eigenvalue weighted by Crippen LogP contribution is -2.47. The third-order valence-corrected chi connectivity index (χ3v) is 11.7. The maximum atomic E-state index is 14.2. The molecule has 0 radical (unpaired) electrons. The van der Waals surface area contributed by atoms with E-state index in [1.165, 1.54) is 21.6 Å². The molecule has 2 N–H and O–H groups in total. The number of methoxy groups -OCH3 is 1. The number of carbonyl (C=O) groups excluding carboxylic acids is 3. The van der Waals surface area contributed by atoms with Crippen LogP contribution in [0.5, 0.6) is 5.75 Å². The highest BCUT2D eigenvalue weighted by Crippen LogP contribution is 2.39. The molecule has 0 aliphatic carbocycles. The van der Waals surface area contributed by atoms with E-state index in [-0.39, 0.29) is 24.1 Å². The molecule has 15 heteroatoms. The first-order valence-electron chi connectivity index (χ1n) is 18.4. The minimum atomic E-state index is -4.79. The van der Waals surface area contributed by atoms with Gasteiger partial charge in [-0.05, 0) is 104 Å². The first kappa shape index (κ1) is 38.3. The van der Waals surface area contributed by atoms with Gasteiger partial charge in [0.05, 0.1) is 23.6 Å². The molecule has 1 atom stereocenters. The summed E-state index contributed by atoms with van der Waals surface area (Å²) < 4.78 is 50.0. The highest BCUT2D eigenvalue weighted by molar-refractivity contribution is 6.32. The molecule has 3 amide bonds. The zero-order chi connectivity index (χ0) is 39.0. The molecule has 3 saturated heterocycles. The number of alkyl halides is 3. The number of aryl methyl sites for hydroxylation is 1. The second kappa shape index (κ2) is 15.7. The molecule has 0 bridgehead atoms. The fraction of sp³-hybridized carbons (Fsp3) is 0.425. The number of fused-ring (bicyclic) bond motifs is 1. The molecular formula is C40H42ClF3N6O5. The molecule has 4 aromatic rings. The zero-order valence-corrected chi connectivity index (χ0v) is 31.3. The maximum absolute atomic E-state index is 14.2. The number of nitrogens with zero attached hydrogens (tertiary/aromatic N) is 4. The number of amides is 3. The maximum Gasteiger partial charge on any atom is 0.417 e. The van der Waals surface area contributed by atoms with Gasteiger partial charge >= 0.3 is 6.18 Å². The molecule has 11 nitrogen and oxygen atoms in total. The molecule has 7 rings (SSSR count). The van der Waals surface area contributed by atoms with Crippen LogP contribution >= 0.6 is 11.6 Å². The summed E-state index contributed by atoms with van der Waals surface area (Å²) >= 11 is 6.92. The Hall–Kier alpha value is -4.95. The van der Waals surface area contributed by atoms with Gasteiger partial charge in [-0.1, -0.05) is 11.6 Å². The summed E-state index contributed by atoms with van der Waals surface area (Å²) in [7, 11) is 3.32. The molecule has 2 aromatic carbocycles. The van der Waals surface area contributed by atoms with Crippen molar-refractivity contribution in [3.05, 3.63) is 87.1 Å². The highest BCUT2D eigenvalue weighted by atomic mass is 35.5. The minimum absolute atomic E-state index is 0.0501. The Morgan fingerprint density at radius 2 is 1.69 bits per heavy atom. The molecule has 5 heterocycles. The van der Waals surface area contributed by atoms with E-state index in [1.54, 1.807) is 32.7 Å². The number of imide groups is 1. The summed E-state index contributed by atoms with van der Waals surface area (Å²) in [6, 6.07) is 8.23. The average Bonchev–Trinajstić information content (AvgIpc) is 3.18. The molecule has 0 saturated carbocycles. The van der Waals surface area contributed by atoms with Gasteiger partial charge in [0.15, 0.2) is 0 Å². The fourth-order valence-electron chi connectivity index (χ4n) is 8.28. The molecule has 55 heavy (non-hydrogen) atoms. The van der Waals surface area contributed by atoms with Gasteiger partial charge in [-0.3, -0.25) is 34.4 Å². The van der Waals surface area contributed by atoms with E-state index in [2.05, 4.69) is 20.5 Å². The first-order chi connectivity index (χ1) is 26.3. The van der Waals surface area contributed by atoms with Crippen molar-refractivity contribution in [1.29, 1.82) is 0 Å². The monoisotopic (exact) mass is 778 g/mol. The van der Waals surface area contributed by atoms with E-state index in [9.17, 15) is 32.3 Å². The number of hydrogen-bond acceptors (Lipinski definition) is 8. The van der Waals surface area contributed by atoms with Crippen LogP contribution in [0.1, 0.15) is 60.0 Å². The number of piperidine rings is 3. The number of hydrogen-bond donors (Lipinski definition) is 2. The quantitative estimate of drug-likeness (QED) is 0.201. The van der Waals surface area contributed by atoms with Crippen molar-refractivity contribution in [2.24, 2.45) is 18.9 Å². The van der Waals surface area contributed by atoms with Crippen molar-refractivity contribution in [3.63, 3.8) is 0 Å². The van der Waals surface area contributed by atoms with E-state index >= 15 is 0 Å². The van der Waals surface area contributed by atoms with Gasteiger partial charge in [0.25, 0.3) is 11.5 Å². The largest absolute Gasteiger partial charge is 0.496 e. The van der Waals surface area contributed by atoms with Crippen LogP contribution in [0.4, 0.5) is 18.9 Å². The van der Waals surface area contributed by atoms with Crippen molar-refractivity contribution in [3.8, 4) is 16.9 Å². The van der Waals surface area contributed by atoms with Gasteiger partial charge in [0.2, 0.25) is 11.8 Å². The summed E-state index contributed by atoms with van der Waals surface area (Å²) in [5, 5.41) is 6.82. The van der Waals surface area contributed by atoms with Gasteiger partial charge in [0, 0.05) is 73.5 Å². The Kier molecular flexibility index (Phi) is 10.9. The number of halogens is 4. The number of benzene rings is 2. The summed E-state index contributed by atoms with van der Waals surface area (Å²) in [6.07, 6.45) is 3.81. The summed E-state index contributed by atoms with van der Waals surface area (Å²) in [6.45, 7) is 3.04. The summed E-state index contributed by atoms with van der Waals surface area (Å²) in [5.74, 6) is -0.229. The molecule has 0 spiro atoms. The lowest BCUT2D eigenvalue weighted by atomic mass is 9.78. The Morgan fingerprint density at radius 3 is 2.36 bits per heavy atom. The summed E-state index contributed by atoms with van der Waals surface area (Å²) in [5.41, 5.74) is 0.992. The molecule has 3 aliphatic rings. The van der Waals surface area contributed by atoms with Crippen LogP contribution in [0, 0.1) is 11.8 Å². The molecule has 2 aromatic heterocycles. The van der Waals surface area contributed by atoms with Crippen LogP contribution in [-0.2, 0) is 29.4 Å². The summed E-state index contributed by atoms with van der Waals surface area (Å²) in [4.78, 5) is 57.8. The number of ether oxygens (including phenoxy) is 1. The van der Waals surface area contributed by atoms with E-state index in [0.29, 0.717) is 60.5 Å². The fourth-order valence-corrected chi connectivity index (χ4v) is 8.55. The van der Waals surface area contributed by atoms with E-state index < -0.39 is 41.1 Å². The van der Waals surface area contributed by atoms with Crippen LogP contribution in [0.3, 0.4) is 0 Å². The Bertz CT molecular complexity index is 2190. The molecule has 3 aliphatic heterocycles. The molecule has 290 valence electrons. The lowest BCUT2D eigenvalue weighted by molar-refractivity contribution is -0.138. The van der Waals surface area contributed by atoms with E-state index in [4.69, 9.17) is 16.3 Å². The third kappa shape index (κ3) is 8.06. The van der Waals surface area contributed by atoms with Crippen LogP contribution < -0.4 is 20.9 Å². The normalized spacial score (nSPS) is 19.1. The highest BCUT2D eigenvalue weighted by Gasteiger charge is 2.38. The minimum Gasteiger partial charge on any atom is -0.496 e. The standard InChI is InChI=1S/C40H42ClF3N6O5/c1-48-21-30(27-7-12-45-20-29(27)38(48)53)25-17-33(41)31(35(18-25)55-2)22-49-13-8-23(9-14-49)24-10-15-50(16-11-24)39(54)28-4-3-26(19-32(28)40(42,43)44)46-34-5-6-36(51)47-37(34)52/h3-4,7,12,17-21,23-24,34,46H,5-6,8-11,13-16,22H2,1-2H3,(H,47,51,52). The molecule has 1 unspecified atom stereocenters. The van der Waals surface area contributed by atoms with Gasteiger partial charge in [-0.25, -0.2) is 0 Å². The molecule has 3 fully saturated rings. The Labute approximate surface area is 320 Å². The van der Waals surface area contributed by atoms with Crippen molar-refractivity contribution >= 4 is 45.8 Å². The Balaban J connectivity index is 0.958. The third-order valence-electron chi connectivity index (χ3n) is 11.3. The predicted molar refractivity (Wildman–Crippen MR) is 202 cm³/mol. The van der Waals surface area contributed by atoms with Crippen LogP contribution in [-0.4, -0.2) is 76.4 Å². The van der Waals surface area contributed by atoms with Crippen molar-refractivity contribution in [1.82, 2.24) is 24.7 Å². The van der Waals surface area contributed by atoms with Crippen LogP contribution in [0.25, 0.3) is 21.9 Å². The van der Waals surface area contributed by atoms with Gasteiger partial charge < -0.3 is 19.5 Å². The molecular weight excluding hydrogens is 737 g/mol. The van der Waals surface area contributed by atoms with E-state index in [1.807, 2.05) is 18.2 Å².